The standard InChI is InChI=1S/C13H25N3O2/c1-4-9(2)12(14)13(18)16-7-5-6-11(8-16)15-10(3)17/h9,11-12H,4-8,14H2,1-3H3,(H,15,17)/t9?,11?,12-/m0/s1. The molecule has 0 aromatic rings. The first kappa shape index (κ1) is 15.0. The van der Waals surface area contributed by atoms with Gasteiger partial charge in [-0.15, -0.1) is 0 Å². The lowest BCUT2D eigenvalue weighted by Gasteiger charge is -2.35. The number of carbonyl (C=O) groups is 2. The van der Waals surface area contributed by atoms with Crippen molar-refractivity contribution < 1.29 is 9.59 Å². The van der Waals surface area contributed by atoms with E-state index < -0.39 is 6.04 Å². The molecule has 1 rings (SSSR count). The molecule has 104 valence electrons. The molecule has 1 fully saturated rings. The number of nitrogens with zero attached hydrogens (tertiary/aromatic N) is 1. The van der Waals surface area contributed by atoms with Gasteiger partial charge >= 0.3 is 0 Å². The highest BCUT2D eigenvalue weighted by Crippen LogP contribution is 2.14. The molecule has 0 bridgehead atoms. The average Bonchev–Trinajstić information content (AvgIpc) is 2.35. The molecule has 2 amide bonds. The van der Waals surface area contributed by atoms with E-state index in [-0.39, 0.29) is 23.8 Å². The van der Waals surface area contributed by atoms with Crippen LogP contribution in [0.15, 0.2) is 0 Å². The van der Waals surface area contributed by atoms with Crippen LogP contribution in [0.1, 0.15) is 40.0 Å². The second-order valence-electron chi connectivity index (χ2n) is 5.24. The van der Waals surface area contributed by atoms with E-state index in [4.69, 9.17) is 5.73 Å². The van der Waals surface area contributed by atoms with Gasteiger partial charge in [-0.25, -0.2) is 0 Å². The summed E-state index contributed by atoms with van der Waals surface area (Å²) in [5, 5.41) is 2.88. The lowest BCUT2D eigenvalue weighted by molar-refractivity contribution is -0.135. The molecule has 0 aliphatic carbocycles. The lowest BCUT2D eigenvalue weighted by atomic mass is 9.97. The van der Waals surface area contributed by atoms with Crippen LogP contribution >= 0.6 is 0 Å². The van der Waals surface area contributed by atoms with Gasteiger partial charge in [0, 0.05) is 26.1 Å². The molecule has 5 heteroatoms. The minimum Gasteiger partial charge on any atom is -0.352 e. The molecule has 5 nitrogen and oxygen atoms in total. The van der Waals surface area contributed by atoms with Gasteiger partial charge in [0.25, 0.3) is 0 Å². The lowest BCUT2D eigenvalue weighted by Crippen LogP contribution is -2.54. The van der Waals surface area contributed by atoms with Gasteiger partial charge in [0.2, 0.25) is 11.8 Å². The van der Waals surface area contributed by atoms with E-state index in [1.54, 1.807) is 4.90 Å². The van der Waals surface area contributed by atoms with Gasteiger partial charge in [0.15, 0.2) is 0 Å². The van der Waals surface area contributed by atoms with Gasteiger partial charge in [-0.1, -0.05) is 20.3 Å². The van der Waals surface area contributed by atoms with E-state index in [9.17, 15) is 9.59 Å². The Morgan fingerprint density at radius 2 is 2.17 bits per heavy atom. The van der Waals surface area contributed by atoms with E-state index in [1.165, 1.54) is 6.92 Å². The summed E-state index contributed by atoms with van der Waals surface area (Å²) in [5.41, 5.74) is 5.97. The first-order valence-corrected chi connectivity index (χ1v) is 6.77. The van der Waals surface area contributed by atoms with Crippen molar-refractivity contribution in [3.05, 3.63) is 0 Å². The van der Waals surface area contributed by atoms with Crippen molar-refractivity contribution in [3.63, 3.8) is 0 Å². The predicted molar refractivity (Wildman–Crippen MR) is 70.8 cm³/mol. The number of amides is 2. The van der Waals surface area contributed by atoms with Crippen molar-refractivity contribution in [1.29, 1.82) is 0 Å². The number of carbonyl (C=O) groups excluding carboxylic acids is 2. The second kappa shape index (κ2) is 6.73. The number of rotatable bonds is 4. The Hall–Kier alpha value is -1.10. The molecular formula is C13H25N3O2. The van der Waals surface area contributed by atoms with Crippen molar-refractivity contribution in [3.8, 4) is 0 Å². The van der Waals surface area contributed by atoms with Gasteiger partial charge in [-0.3, -0.25) is 9.59 Å². The fourth-order valence-corrected chi connectivity index (χ4v) is 2.29. The van der Waals surface area contributed by atoms with Crippen LogP contribution in [0.2, 0.25) is 0 Å². The summed E-state index contributed by atoms with van der Waals surface area (Å²) >= 11 is 0. The fraction of sp³-hybridized carbons (Fsp3) is 0.846. The minimum atomic E-state index is -0.425. The summed E-state index contributed by atoms with van der Waals surface area (Å²) in [4.78, 5) is 25.0. The van der Waals surface area contributed by atoms with Crippen LogP contribution in [0, 0.1) is 5.92 Å². The monoisotopic (exact) mass is 255 g/mol. The third-order valence-corrected chi connectivity index (χ3v) is 3.68. The molecule has 0 aromatic heterocycles. The van der Waals surface area contributed by atoms with E-state index in [0.717, 1.165) is 25.8 Å². The van der Waals surface area contributed by atoms with Crippen molar-refractivity contribution in [2.24, 2.45) is 11.7 Å². The predicted octanol–water partition coefficient (Wildman–Crippen LogP) is 0.487. The van der Waals surface area contributed by atoms with E-state index >= 15 is 0 Å². The summed E-state index contributed by atoms with van der Waals surface area (Å²) < 4.78 is 0. The highest BCUT2D eigenvalue weighted by atomic mass is 16.2. The van der Waals surface area contributed by atoms with Crippen LogP contribution in [-0.4, -0.2) is 41.9 Å². The maximum Gasteiger partial charge on any atom is 0.239 e. The topological polar surface area (TPSA) is 75.4 Å². The first-order valence-electron chi connectivity index (χ1n) is 6.77. The van der Waals surface area contributed by atoms with E-state index in [1.807, 2.05) is 13.8 Å². The molecule has 0 radical (unpaired) electrons. The number of hydrogen-bond donors (Lipinski definition) is 2. The molecule has 0 saturated carbocycles. The number of hydrogen-bond acceptors (Lipinski definition) is 3. The van der Waals surface area contributed by atoms with Gasteiger partial charge < -0.3 is 16.0 Å². The molecule has 1 heterocycles. The summed E-state index contributed by atoms with van der Waals surface area (Å²) in [7, 11) is 0. The van der Waals surface area contributed by atoms with E-state index in [0.29, 0.717) is 6.54 Å². The number of nitrogens with one attached hydrogen (secondary N) is 1. The summed E-state index contributed by atoms with van der Waals surface area (Å²) in [6.45, 7) is 6.87. The molecule has 1 aliphatic rings. The number of piperidine rings is 1. The van der Waals surface area contributed by atoms with Crippen LogP contribution in [0.4, 0.5) is 0 Å². The highest BCUT2D eigenvalue weighted by molar-refractivity contribution is 5.82. The zero-order valence-corrected chi connectivity index (χ0v) is 11.6. The van der Waals surface area contributed by atoms with Crippen molar-refractivity contribution >= 4 is 11.8 Å². The second-order valence-corrected chi connectivity index (χ2v) is 5.24. The molecule has 3 N–H and O–H groups in total. The Kier molecular flexibility index (Phi) is 5.59. The molecule has 2 unspecified atom stereocenters. The smallest absolute Gasteiger partial charge is 0.239 e. The molecular weight excluding hydrogens is 230 g/mol. The van der Waals surface area contributed by atoms with Crippen LogP contribution in [0.5, 0.6) is 0 Å². The third-order valence-electron chi connectivity index (χ3n) is 3.68. The van der Waals surface area contributed by atoms with Gasteiger partial charge in [-0.05, 0) is 18.8 Å². The molecule has 1 saturated heterocycles. The fourth-order valence-electron chi connectivity index (χ4n) is 2.29. The van der Waals surface area contributed by atoms with Crippen molar-refractivity contribution in [1.82, 2.24) is 10.2 Å². The molecule has 3 atom stereocenters. The van der Waals surface area contributed by atoms with Crippen LogP contribution in [0.25, 0.3) is 0 Å². The maximum absolute atomic E-state index is 12.2. The van der Waals surface area contributed by atoms with E-state index in [2.05, 4.69) is 5.32 Å². The zero-order valence-electron chi connectivity index (χ0n) is 11.6. The van der Waals surface area contributed by atoms with Crippen molar-refractivity contribution in [2.45, 2.75) is 52.1 Å². The van der Waals surface area contributed by atoms with Crippen LogP contribution in [-0.2, 0) is 9.59 Å². The van der Waals surface area contributed by atoms with Crippen LogP contribution < -0.4 is 11.1 Å². The number of nitrogens with two attached hydrogens (primary N) is 1. The Balaban J connectivity index is 2.55. The third kappa shape index (κ3) is 3.98. The van der Waals surface area contributed by atoms with Gasteiger partial charge in [0.1, 0.15) is 0 Å². The normalized spacial score (nSPS) is 23.3. The molecule has 0 spiro atoms. The quantitative estimate of drug-likeness (QED) is 0.767. The molecule has 18 heavy (non-hydrogen) atoms. The Morgan fingerprint density at radius 1 is 1.50 bits per heavy atom. The number of likely N-dealkylation sites (tertiary alicyclic amines) is 1. The van der Waals surface area contributed by atoms with Crippen molar-refractivity contribution in [2.75, 3.05) is 13.1 Å². The largest absolute Gasteiger partial charge is 0.352 e. The molecule has 1 aliphatic heterocycles. The zero-order chi connectivity index (χ0) is 13.7. The summed E-state index contributed by atoms with van der Waals surface area (Å²) in [5.74, 6) is 0.165. The summed E-state index contributed by atoms with van der Waals surface area (Å²) in [6.07, 6.45) is 2.75. The Labute approximate surface area is 109 Å². The summed E-state index contributed by atoms with van der Waals surface area (Å²) in [6, 6.07) is -0.351. The molecule has 0 aromatic carbocycles. The SMILES string of the molecule is CCC(C)[C@H](N)C(=O)N1CCCC(NC(C)=O)C1. The maximum atomic E-state index is 12.2. The minimum absolute atomic E-state index is 0.0133. The van der Waals surface area contributed by atoms with Gasteiger partial charge in [0.05, 0.1) is 6.04 Å². The highest BCUT2D eigenvalue weighted by Gasteiger charge is 2.29. The Morgan fingerprint density at radius 3 is 2.72 bits per heavy atom. The average molecular weight is 255 g/mol. The Bertz CT molecular complexity index is 307. The van der Waals surface area contributed by atoms with Crippen LogP contribution in [0.3, 0.4) is 0 Å². The van der Waals surface area contributed by atoms with Gasteiger partial charge in [-0.2, -0.15) is 0 Å². The first-order chi connectivity index (χ1) is 8.45.